The van der Waals surface area contributed by atoms with Gasteiger partial charge in [-0.25, -0.2) is 4.98 Å². The molecule has 0 spiro atoms. The van der Waals surface area contributed by atoms with Crippen LogP contribution in [0.3, 0.4) is 0 Å². The van der Waals surface area contributed by atoms with E-state index in [-0.39, 0.29) is 11.2 Å². The number of benzene rings is 3. The van der Waals surface area contributed by atoms with Crippen LogP contribution in [0.1, 0.15) is 36.3 Å². The summed E-state index contributed by atoms with van der Waals surface area (Å²) in [4.78, 5) is 18.7. The standard InChI is InChI=1S/C29H24N2O/c1-29(2)17-23-25(24(32)18-29)21-15-9-10-16-22(21)28-30-26(19-11-5-3-6-12-19)27(31(23)28)20-13-7-4-8-14-20/h3-16H,17-18H2,1-2H3. The SMILES string of the molecule is CC1(C)CC(=O)c2c(n3c(-c4ccccc4)c(-c4ccccc4)nc3c3ccccc23)C1. The lowest BCUT2D eigenvalue weighted by Crippen LogP contribution is -2.29. The van der Waals surface area contributed by atoms with Crippen molar-refractivity contribution in [2.75, 3.05) is 0 Å². The maximum atomic E-state index is 13.4. The number of Topliss-reactive ketones (excluding diaryl/α,β-unsaturated/α-hetero) is 1. The topological polar surface area (TPSA) is 34.4 Å². The zero-order chi connectivity index (χ0) is 21.9. The molecule has 0 N–H and O–H groups in total. The van der Waals surface area contributed by atoms with E-state index in [2.05, 4.69) is 66.8 Å². The highest BCUT2D eigenvalue weighted by Gasteiger charge is 2.35. The summed E-state index contributed by atoms with van der Waals surface area (Å²) in [5.41, 5.74) is 6.95. The number of nitrogens with zero attached hydrogens (tertiary/aromatic N) is 2. The first-order valence-corrected chi connectivity index (χ1v) is 11.1. The first kappa shape index (κ1) is 19.0. The van der Waals surface area contributed by atoms with Crippen molar-refractivity contribution in [3.05, 3.63) is 96.2 Å². The number of fused-ring (bicyclic) bond motifs is 6. The zero-order valence-electron chi connectivity index (χ0n) is 18.3. The molecule has 3 heteroatoms. The van der Waals surface area contributed by atoms with Crippen LogP contribution in [0.5, 0.6) is 0 Å². The van der Waals surface area contributed by atoms with Gasteiger partial charge in [-0.2, -0.15) is 0 Å². The molecular formula is C29H24N2O. The van der Waals surface area contributed by atoms with Crippen molar-refractivity contribution in [3.8, 4) is 22.5 Å². The van der Waals surface area contributed by atoms with Gasteiger partial charge < -0.3 is 0 Å². The first-order valence-electron chi connectivity index (χ1n) is 11.1. The second-order valence-electron chi connectivity index (χ2n) is 9.51. The quantitative estimate of drug-likeness (QED) is 0.311. The second-order valence-corrected chi connectivity index (χ2v) is 9.51. The largest absolute Gasteiger partial charge is 0.295 e. The van der Waals surface area contributed by atoms with E-state index in [1.165, 1.54) is 0 Å². The molecule has 5 aromatic rings. The van der Waals surface area contributed by atoms with Crippen LogP contribution in [0.4, 0.5) is 0 Å². The Morgan fingerprint density at radius 2 is 1.34 bits per heavy atom. The van der Waals surface area contributed by atoms with Gasteiger partial charge in [0, 0.05) is 34.2 Å². The normalized spacial score (nSPS) is 15.2. The maximum absolute atomic E-state index is 13.4. The summed E-state index contributed by atoms with van der Waals surface area (Å²) < 4.78 is 2.27. The number of carbonyl (C=O) groups is 1. The number of carbonyl (C=O) groups excluding carboxylic acids is 1. The Morgan fingerprint density at radius 3 is 2.03 bits per heavy atom. The van der Waals surface area contributed by atoms with E-state index in [1.807, 2.05) is 36.4 Å². The molecular weight excluding hydrogens is 392 g/mol. The van der Waals surface area contributed by atoms with Crippen LogP contribution in [0.25, 0.3) is 38.9 Å². The molecule has 3 nitrogen and oxygen atoms in total. The molecule has 1 aliphatic carbocycles. The van der Waals surface area contributed by atoms with E-state index >= 15 is 0 Å². The third-order valence-corrected chi connectivity index (χ3v) is 6.53. The smallest absolute Gasteiger partial charge is 0.165 e. The van der Waals surface area contributed by atoms with Crippen LogP contribution >= 0.6 is 0 Å². The molecule has 0 saturated heterocycles. The van der Waals surface area contributed by atoms with Crippen LogP contribution in [0.15, 0.2) is 84.9 Å². The van der Waals surface area contributed by atoms with E-state index in [9.17, 15) is 4.79 Å². The molecule has 6 rings (SSSR count). The molecule has 0 bridgehead atoms. The number of rotatable bonds is 2. The van der Waals surface area contributed by atoms with Gasteiger partial charge in [0.1, 0.15) is 5.65 Å². The number of hydrogen-bond acceptors (Lipinski definition) is 2. The zero-order valence-corrected chi connectivity index (χ0v) is 18.3. The number of pyridine rings is 1. The monoisotopic (exact) mass is 416 g/mol. The lowest BCUT2D eigenvalue weighted by atomic mass is 9.74. The fourth-order valence-electron chi connectivity index (χ4n) is 5.20. The van der Waals surface area contributed by atoms with Gasteiger partial charge in [0.15, 0.2) is 5.78 Å². The minimum Gasteiger partial charge on any atom is -0.295 e. The summed E-state index contributed by atoms with van der Waals surface area (Å²) in [6.45, 7) is 4.37. The summed E-state index contributed by atoms with van der Waals surface area (Å²) in [6.07, 6.45) is 1.40. The second kappa shape index (κ2) is 6.89. The maximum Gasteiger partial charge on any atom is 0.165 e. The van der Waals surface area contributed by atoms with Gasteiger partial charge in [0.2, 0.25) is 0 Å². The van der Waals surface area contributed by atoms with Gasteiger partial charge >= 0.3 is 0 Å². The van der Waals surface area contributed by atoms with Crippen molar-refractivity contribution in [2.24, 2.45) is 5.41 Å². The lowest BCUT2D eigenvalue weighted by molar-refractivity contribution is 0.0912. The van der Waals surface area contributed by atoms with E-state index < -0.39 is 0 Å². The third-order valence-electron chi connectivity index (χ3n) is 6.53. The van der Waals surface area contributed by atoms with Gasteiger partial charge in [-0.05, 0) is 17.2 Å². The van der Waals surface area contributed by atoms with E-state index in [0.717, 1.165) is 56.6 Å². The van der Waals surface area contributed by atoms with Crippen molar-refractivity contribution < 1.29 is 4.79 Å². The molecule has 156 valence electrons. The van der Waals surface area contributed by atoms with Gasteiger partial charge in [-0.1, -0.05) is 98.8 Å². The highest BCUT2D eigenvalue weighted by molar-refractivity contribution is 6.13. The molecule has 32 heavy (non-hydrogen) atoms. The predicted molar refractivity (Wildman–Crippen MR) is 130 cm³/mol. The summed E-state index contributed by atoms with van der Waals surface area (Å²) in [6, 6.07) is 29.0. The van der Waals surface area contributed by atoms with Gasteiger partial charge in [-0.15, -0.1) is 0 Å². The third kappa shape index (κ3) is 2.81. The van der Waals surface area contributed by atoms with E-state index in [0.29, 0.717) is 6.42 Å². The summed E-state index contributed by atoms with van der Waals surface area (Å²) in [5.74, 6) is 0.225. The lowest BCUT2D eigenvalue weighted by Gasteiger charge is -2.32. The minimum atomic E-state index is -0.0927. The van der Waals surface area contributed by atoms with Crippen molar-refractivity contribution in [2.45, 2.75) is 26.7 Å². The Labute approximate surface area is 187 Å². The average molecular weight is 417 g/mol. The van der Waals surface area contributed by atoms with E-state index in [1.54, 1.807) is 0 Å². The molecule has 0 atom stereocenters. The number of hydrogen-bond donors (Lipinski definition) is 0. The van der Waals surface area contributed by atoms with Crippen LogP contribution in [-0.2, 0) is 6.42 Å². The number of ketones is 1. The Kier molecular flexibility index (Phi) is 4.09. The van der Waals surface area contributed by atoms with Crippen LogP contribution < -0.4 is 0 Å². The Morgan fingerprint density at radius 1 is 0.750 bits per heavy atom. The molecule has 0 aliphatic heterocycles. The molecule has 2 heterocycles. The van der Waals surface area contributed by atoms with Crippen LogP contribution in [0, 0.1) is 5.41 Å². The fourth-order valence-corrected chi connectivity index (χ4v) is 5.20. The number of imidazole rings is 1. The molecule has 0 amide bonds. The Balaban J connectivity index is 1.85. The van der Waals surface area contributed by atoms with Gasteiger partial charge in [0.25, 0.3) is 0 Å². The van der Waals surface area contributed by atoms with Crippen molar-refractivity contribution >= 4 is 22.2 Å². The van der Waals surface area contributed by atoms with Gasteiger partial charge in [0.05, 0.1) is 11.4 Å². The molecule has 0 saturated carbocycles. The fraction of sp³-hybridized carbons (Fsp3) is 0.172. The molecule has 3 aromatic carbocycles. The van der Waals surface area contributed by atoms with E-state index in [4.69, 9.17) is 4.98 Å². The summed E-state index contributed by atoms with van der Waals surface area (Å²) in [7, 11) is 0. The Bertz CT molecular complexity index is 1490. The molecule has 0 fully saturated rings. The molecule has 2 aromatic heterocycles. The van der Waals surface area contributed by atoms with Crippen LogP contribution in [0.2, 0.25) is 0 Å². The Hall–Kier alpha value is -3.72. The van der Waals surface area contributed by atoms with Gasteiger partial charge in [-0.3, -0.25) is 9.20 Å². The minimum absolute atomic E-state index is 0.0927. The number of aromatic nitrogens is 2. The molecule has 1 aliphatic rings. The van der Waals surface area contributed by atoms with Crippen molar-refractivity contribution in [1.29, 1.82) is 0 Å². The highest BCUT2D eigenvalue weighted by Crippen LogP contribution is 2.43. The molecule has 0 unspecified atom stereocenters. The van der Waals surface area contributed by atoms with Crippen molar-refractivity contribution in [3.63, 3.8) is 0 Å². The van der Waals surface area contributed by atoms with Crippen molar-refractivity contribution in [1.82, 2.24) is 9.38 Å². The molecule has 0 radical (unpaired) electrons. The average Bonchev–Trinajstić information content (AvgIpc) is 3.20. The summed E-state index contributed by atoms with van der Waals surface area (Å²) >= 11 is 0. The predicted octanol–water partition coefficient (Wildman–Crippen LogP) is 6.98. The summed E-state index contributed by atoms with van der Waals surface area (Å²) in [5, 5.41) is 2.04. The highest BCUT2D eigenvalue weighted by atomic mass is 16.1. The van der Waals surface area contributed by atoms with Crippen LogP contribution in [-0.4, -0.2) is 15.2 Å². The first-order chi connectivity index (χ1) is 15.5.